The smallest absolute Gasteiger partial charge is 0.331 e. The second-order valence-electron chi connectivity index (χ2n) is 6.01. The standard InChI is InChI=1S/C18H25NO12/c1-9(20)26-8-16(28-11(3)22)18(30-13(5)24)17(29-12(4)23)15(27-10(2)21)7-19-31-14(6)25/h7,15-18H,8H2,1-6H3. The molecule has 0 aliphatic carbocycles. The molecule has 13 nitrogen and oxygen atoms in total. The highest BCUT2D eigenvalue weighted by molar-refractivity contribution is 5.75. The molecule has 0 amide bonds. The van der Waals surface area contributed by atoms with Gasteiger partial charge in [0.2, 0.25) is 0 Å². The Kier molecular flexibility index (Phi) is 12.1. The van der Waals surface area contributed by atoms with E-state index >= 15 is 0 Å². The van der Waals surface area contributed by atoms with Crippen LogP contribution < -0.4 is 0 Å². The fourth-order valence-corrected chi connectivity index (χ4v) is 2.21. The molecule has 0 fully saturated rings. The Morgan fingerprint density at radius 3 is 1.55 bits per heavy atom. The number of esters is 5. The van der Waals surface area contributed by atoms with Gasteiger partial charge in [0.15, 0.2) is 24.4 Å². The van der Waals surface area contributed by atoms with E-state index in [0.717, 1.165) is 47.8 Å². The van der Waals surface area contributed by atoms with Crippen LogP contribution in [-0.2, 0) is 57.3 Å². The van der Waals surface area contributed by atoms with Gasteiger partial charge in [-0.05, 0) is 0 Å². The molecule has 4 unspecified atom stereocenters. The Bertz CT molecular complexity index is 716. The first-order chi connectivity index (χ1) is 14.3. The first-order valence-corrected chi connectivity index (χ1v) is 8.86. The number of ether oxygens (including phenoxy) is 5. The minimum absolute atomic E-state index is 0.585. The highest BCUT2D eigenvalue weighted by Gasteiger charge is 2.43. The Morgan fingerprint density at radius 1 is 0.645 bits per heavy atom. The lowest BCUT2D eigenvalue weighted by Gasteiger charge is -2.33. The second-order valence-corrected chi connectivity index (χ2v) is 6.01. The van der Waals surface area contributed by atoms with Gasteiger partial charge in [-0.2, -0.15) is 0 Å². The van der Waals surface area contributed by atoms with Crippen molar-refractivity contribution in [2.45, 2.75) is 66.0 Å². The van der Waals surface area contributed by atoms with E-state index in [1.807, 2.05) is 0 Å². The van der Waals surface area contributed by atoms with Crippen molar-refractivity contribution in [2.24, 2.45) is 5.16 Å². The van der Waals surface area contributed by atoms with Crippen molar-refractivity contribution in [1.29, 1.82) is 0 Å². The number of carbonyl (C=O) groups excluding carboxylic acids is 6. The van der Waals surface area contributed by atoms with Gasteiger partial charge in [-0.3, -0.25) is 24.0 Å². The van der Waals surface area contributed by atoms with E-state index in [0.29, 0.717) is 0 Å². The van der Waals surface area contributed by atoms with E-state index in [2.05, 4.69) is 9.99 Å². The van der Waals surface area contributed by atoms with Crippen LogP contribution in [0.15, 0.2) is 5.16 Å². The lowest BCUT2D eigenvalue weighted by atomic mass is 10.0. The van der Waals surface area contributed by atoms with E-state index in [9.17, 15) is 28.8 Å². The SMILES string of the molecule is CC(=O)OCC(OC(C)=O)C(OC(C)=O)C(OC(C)=O)C(C=NOC(C)=O)OC(C)=O. The van der Waals surface area contributed by atoms with Crippen molar-refractivity contribution in [2.75, 3.05) is 6.61 Å². The van der Waals surface area contributed by atoms with Gasteiger partial charge in [0.05, 0.1) is 6.21 Å². The van der Waals surface area contributed by atoms with Crippen LogP contribution in [0.1, 0.15) is 41.5 Å². The maximum atomic E-state index is 11.7. The zero-order valence-electron chi connectivity index (χ0n) is 17.9. The first kappa shape index (κ1) is 27.5. The van der Waals surface area contributed by atoms with E-state index in [-0.39, 0.29) is 0 Å². The predicted molar refractivity (Wildman–Crippen MR) is 99.1 cm³/mol. The molecule has 0 heterocycles. The molecule has 0 rings (SSSR count). The van der Waals surface area contributed by atoms with Gasteiger partial charge >= 0.3 is 35.8 Å². The number of hydrogen-bond acceptors (Lipinski definition) is 13. The van der Waals surface area contributed by atoms with Gasteiger partial charge in [-0.15, -0.1) is 0 Å². The molecule has 0 N–H and O–H groups in total. The second kappa shape index (κ2) is 13.7. The van der Waals surface area contributed by atoms with Crippen LogP contribution in [0.3, 0.4) is 0 Å². The van der Waals surface area contributed by atoms with Gasteiger partial charge in [-0.25, -0.2) is 4.79 Å². The van der Waals surface area contributed by atoms with E-state index in [4.69, 9.17) is 23.7 Å². The summed E-state index contributed by atoms with van der Waals surface area (Å²) in [5.74, 6) is -5.02. The van der Waals surface area contributed by atoms with Crippen molar-refractivity contribution in [3.8, 4) is 0 Å². The van der Waals surface area contributed by atoms with Crippen molar-refractivity contribution < 1.29 is 57.3 Å². The summed E-state index contributed by atoms with van der Waals surface area (Å²) in [6.45, 7) is 5.65. The van der Waals surface area contributed by atoms with E-state index in [1.54, 1.807) is 0 Å². The first-order valence-electron chi connectivity index (χ1n) is 8.86. The van der Waals surface area contributed by atoms with Crippen molar-refractivity contribution in [3.63, 3.8) is 0 Å². The molecule has 0 aromatic carbocycles. The van der Waals surface area contributed by atoms with Gasteiger partial charge in [0.1, 0.15) is 6.61 Å². The number of hydrogen-bond donors (Lipinski definition) is 0. The lowest BCUT2D eigenvalue weighted by molar-refractivity contribution is -0.197. The van der Waals surface area contributed by atoms with Crippen LogP contribution in [-0.4, -0.2) is 73.1 Å². The fourth-order valence-electron chi connectivity index (χ4n) is 2.21. The third-order valence-corrected chi connectivity index (χ3v) is 3.08. The molecule has 0 saturated carbocycles. The molecular weight excluding hydrogens is 422 g/mol. The summed E-state index contributed by atoms with van der Waals surface area (Å²) in [5.41, 5.74) is 0. The third kappa shape index (κ3) is 12.6. The molecule has 0 saturated heterocycles. The summed E-state index contributed by atoms with van der Waals surface area (Å²) in [4.78, 5) is 73.1. The summed E-state index contributed by atoms with van der Waals surface area (Å²) in [7, 11) is 0. The van der Waals surface area contributed by atoms with Gasteiger partial charge in [0, 0.05) is 41.5 Å². The highest BCUT2D eigenvalue weighted by atomic mass is 16.7. The molecule has 31 heavy (non-hydrogen) atoms. The van der Waals surface area contributed by atoms with E-state index < -0.39 is 66.8 Å². The third-order valence-electron chi connectivity index (χ3n) is 3.08. The largest absolute Gasteiger partial charge is 0.462 e. The minimum Gasteiger partial charge on any atom is -0.462 e. The summed E-state index contributed by atoms with van der Waals surface area (Å²) < 4.78 is 25.2. The van der Waals surface area contributed by atoms with E-state index in [1.165, 1.54) is 0 Å². The summed E-state index contributed by atoms with van der Waals surface area (Å²) >= 11 is 0. The predicted octanol–water partition coefficient (Wildman–Crippen LogP) is -0.175. The van der Waals surface area contributed by atoms with Crippen LogP contribution in [0.2, 0.25) is 0 Å². The van der Waals surface area contributed by atoms with Crippen LogP contribution in [0, 0.1) is 0 Å². The Labute approximate surface area is 177 Å². The summed E-state index contributed by atoms with van der Waals surface area (Å²) in [6, 6.07) is 0. The van der Waals surface area contributed by atoms with Gasteiger partial charge in [-0.1, -0.05) is 5.16 Å². The number of carbonyl (C=O) groups is 6. The molecule has 0 bridgehead atoms. The monoisotopic (exact) mass is 447 g/mol. The molecular formula is C18H25NO12. The Hall–Kier alpha value is -3.51. The number of rotatable bonds is 11. The average Bonchev–Trinajstić information content (AvgIpc) is 2.59. The lowest BCUT2D eigenvalue weighted by Crippen LogP contribution is -2.53. The molecule has 0 aromatic rings. The van der Waals surface area contributed by atoms with Crippen LogP contribution >= 0.6 is 0 Å². The molecule has 0 radical (unpaired) electrons. The highest BCUT2D eigenvalue weighted by Crippen LogP contribution is 2.19. The maximum Gasteiger partial charge on any atom is 0.331 e. The molecule has 4 atom stereocenters. The summed E-state index contributed by atoms with van der Waals surface area (Å²) in [5, 5.41) is 3.33. The minimum atomic E-state index is -1.63. The molecule has 0 aromatic heterocycles. The van der Waals surface area contributed by atoms with Crippen molar-refractivity contribution in [3.05, 3.63) is 0 Å². The zero-order valence-corrected chi connectivity index (χ0v) is 17.9. The zero-order chi connectivity index (χ0) is 24.1. The quantitative estimate of drug-likeness (QED) is 0.135. The topological polar surface area (TPSA) is 170 Å². The summed E-state index contributed by atoms with van der Waals surface area (Å²) in [6.07, 6.45) is -5.46. The Balaban J connectivity index is 6.30. The number of oxime groups is 1. The molecule has 174 valence electrons. The average molecular weight is 447 g/mol. The molecule has 0 aliphatic rings. The van der Waals surface area contributed by atoms with Crippen molar-refractivity contribution in [1.82, 2.24) is 0 Å². The molecule has 13 heteroatoms. The number of nitrogens with zero attached hydrogens (tertiary/aromatic N) is 1. The normalized spacial score (nSPS) is 14.4. The molecule has 0 aliphatic heterocycles. The van der Waals surface area contributed by atoms with Gasteiger partial charge < -0.3 is 28.5 Å². The Morgan fingerprint density at radius 2 is 1.13 bits per heavy atom. The van der Waals surface area contributed by atoms with Crippen molar-refractivity contribution >= 4 is 42.0 Å². The maximum absolute atomic E-state index is 11.7. The fraction of sp³-hybridized carbons (Fsp3) is 0.611. The van der Waals surface area contributed by atoms with Gasteiger partial charge in [0.25, 0.3) is 0 Å². The van der Waals surface area contributed by atoms with Crippen LogP contribution in [0.5, 0.6) is 0 Å². The van der Waals surface area contributed by atoms with Crippen LogP contribution in [0.4, 0.5) is 0 Å². The van der Waals surface area contributed by atoms with Crippen LogP contribution in [0.25, 0.3) is 0 Å². The molecule has 0 spiro atoms.